The molecular weight excluding hydrogens is 254 g/mol. The van der Waals surface area contributed by atoms with E-state index in [9.17, 15) is 0 Å². The van der Waals surface area contributed by atoms with Crippen molar-refractivity contribution in [3.63, 3.8) is 0 Å². The number of imidazole rings is 1. The Labute approximate surface area is 116 Å². The number of hydrogen-bond acceptors (Lipinski definition) is 3. The average Bonchev–Trinajstić information content (AvgIpc) is 2.95. The summed E-state index contributed by atoms with van der Waals surface area (Å²) in [7, 11) is 2.04. The topological polar surface area (TPSA) is 30.7 Å². The van der Waals surface area contributed by atoms with Gasteiger partial charge < -0.3 is 4.57 Å². The van der Waals surface area contributed by atoms with Crippen LogP contribution in [0.5, 0.6) is 0 Å². The van der Waals surface area contributed by atoms with Crippen molar-refractivity contribution in [1.82, 2.24) is 14.5 Å². The van der Waals surface area contributed by atoms with E-state index in [-0.39, 0.29) is 0 Å². The summed E-state index contributed by atoms with van der Waals surface area (Å²) in [5, 5.41) is 2.15. The van der Waals surface area contributed by atoms with Crippen molar-refractivity contribution in [2.45, 2.75) is 26.7 Å². The molecule has 0 radical (unpaired) electrons. The molecule has 0 amide bonds. The second kappa shape index (κ2) is 4.78. The van der Waals surface area contributed by atoms with E-state index in [0.717, 1.165) is 35.4 Å². The lowest BCUT2D eigenvalue weighted by Crippen LogP contribution is -1.94. The maximum Gasteiger partial charge on any atom is 0.160 e. The molecule has 3 rings (SSSR count). The van der Waals surface area contributed by atoms with E-state index in [2.05, 4.69) is 40.9 Å². The molecule has 0 N–H and O–H groups in total. The minimum atomic E-state index is 0.955. The van der Waals surface area contributed by atoms with Crippen LogP contribution in [0.2, 0.25) is 0 Å². The van der Waals surface area contributed by atoms with Crippen molar-refractivity contribution in [1.29, 1.82) is 0 Å². The van der Waals surface area contributed by atoms with Gasteiger partial charge in [0.1, 0.15) is 5.52 Å². The minimum Gasteiger partial charge on any atom is -0.311 e. The van der Waals surface area contributed by atoms with Crippen LogP contribution in [0.15, 0.2) is 23.7 Å². The molecule has 0 aliphatic carbocycles. The van der Waals surface area contributed by atoms with Crippen LogP contribution in [0.1, 0.15) is 24.5 Å². The smallest absolute Gasteiger partial charge is 0.160 e. The number of rotatable bonds is 3. The van der Waals surface area contributed by atoms with Gasteiger partial charge in [0.25, 0.3) is 0 Å². The SMILES string of the molecule is CCCc1ccsc1-c1nc2cc(C)cnc2n1C. The maximum absolute atomic E-state index is 4.77. The average molecular weight is 271 g/mol. The van der Waals surface area contributed by atoms with Gasteiger partial charge in [0.15, 0.2) is 11.5 Å². The van der Waals surface area contributed by atoms with Gasteiger partial charge in [-0.2, -0.15) is 0 Å². The summed E-state index contributed by atoms with van der Waals surface area (Å²) in [6.07, 6.45) is 4.16. The zero-order valence-corrected chi connectivity index (χ0v) is 12.3. The number of aryl methyl sites for hydroxylation is 3. The third kappa shape index (κ3) is 2.06. The van der Waals surface area contributed by atoms with Gasteiger partial charge in [-0.05, 0) is 42.0 Å². The summed E-state index contributed by atoms with van der Waals surface area (Å²) in [5.41, 5.74) is 4.48. The molecule has 3 nitrogen and oxygen atoms in total. The van der Waals surface area contributed by atoms with Crippen LogP contribution < -0.4 is 0 Å². The van der Waals surface area contributed by atoms with Gasteiger partial charge in [0.05, 0.1) is 4.88 Å². The number of pyridine rings is 1. The van der Waals surface area contributed by atoms with E-state index in [1.165, 1.54) is 10.4 Å². The molecule has 3 aromatic heterocycles. The summed E-state index contributed by atoms with van der Waals surface area (Å²) in [4.78, 5) is 10.5. The van der Waals surface area contributed by atoms with E-state index in [1.807, 2.05) is 13.2 Å². The maximum atomic E-state index is 4.77. The van der Waals surface area contributed by atoms with Crippen molar-refractivity contribution >= 4 is 22.5 Å². The molecule has 0 bridgehead atoms. The van der Waals surface area contributed by atoms with E-state index in [1.54, 1.807) is 11.3 Å². The highest BCUT2D eigenvalue weighted by Gasteiger charge is 2.15. The molecule has 0 aromatic carbocycles. The first-order chi connectivity index (χ1) is 9.20. The Hall–Kier alpha value is -1.68. The first kappa shape index (κ1) is 12.4. The second-order valence-corrected chi connectivity index (χ2v) is 5.79. The van der Waals surface area contributed by atoms with Crippen LogP contribution >= 0.6 is 11.3 Å². The van der Waals surface area contributed by atoms with Gasteiger partial charge in [-0.25, -0.2) is 9.97 Å². The van der Waals surface area contributed by atoms with Crippen LogP contribution in [0.3, 0.4) is 0 Å². The Bertz CT molecular complexity index is 724. The number of aromatic nitrogens is 3. The Morgan fingerprint density at radius 2 is 2.21 bits per heavy atom. The molecular formula is C15H17N3S. The number of fused-ring (bicyclic) bond motifs is 1. The largest absolute Gasteiger partial charge is 0.311 e. The van der Waals surface area contributed by atoms with Crippen LogP contribution in [0.4, 0.5) is 0 Å². The molecule has 0 atom stereocenters. The molecule has 0 fully saturated rings. The third-order valence-electron chi connectivity index (χ3n) is 3.31. The molecule has 3 aromatic rings. The van der Waals surface area contributed by atoms with Crippen LogP contribution in [-0.2, 0) is 13.5 Å². The minimum absolute atomic E-state index is 0.955. The van der Waals surface area contributed by atoms with E-state index in [4.69, 9.17) is 4.98 Å². The van der Waals surface area contributed by atoms with Crippen molar-refractivity contribution in [2.24, 2.45) is 7.05 Å². The molecule has 0 aliphatic rings. The quantitative estimate of drug-likeness (QED) is 0.722. The molecule has 0 unspecified atom stereocenters. The molecule has 4 heteroatoms. The van der Waals surface area contributed by atoms with Crippen LogP contribution in [-0.4, -0.2) is 14.5 Å². The van der Waals surface area contributed by atoms with Gasteiger partial charge >= 0.3 is 0 Å². The summed E-state index contributed by atoms with van der Waals surface area (Å²) in [6.45, 7) is 4.26. The normalized spacial score (nSPS) is 11.3. The molecule has 0 aliphatic heterocycles. The highest BCUT2D eigenvalue weighted by molar-refractivity contribution is 7.13. The highest BCUT2D eigenvalue weighted by atomic mass is 32.1. The zero-order valence-electron chi connectivity index (χ0n) is 11.5. The Balaban J connectivity index is 2.19. The molecule has 0 saturated heterocycles. The van der Waals surface area contributed by atoms with Crippen molar-refractivity contribution in [3.05, 3.63) is 34.8 Å². The summed E-state index contributed by atoms with van der Waals surface area (Å²) < 4.78 is 2.10. The first-order valence-electron chi connectivity index (χ1n) is 6.56. The lowest BCUT2D eigenvalue weighted by molar-refractivity contribution is 0.912. The predicted molar refractivity (Wildman–Crippen MR) is 80.6 cm³/mol. The predicted octanol–water partition coefficient (Wildman–Crippen LogP) is 3.96. The van der Waals surface area contributed by atoms with E-state index in [0.29, 0.717) is 0 Å². The monoisotopic (exact) mass is 271 g/mol. The number of nitrogens with zero attached hydrogens (tertiary/aromatic N) is 3. The molecule has 19 heavy (non-hydrogen) atoms. The third-order valence-corrected chi connectivity index (χ3v) is 4.27. The lowest BCUT2D eigenvalue weighted by Gasteiger charge is -2.02. The van der Waals surface area contributed by atoms with Gasteiger partial charge in [0, 0.05) is 13.2 Å². The molecule has 0 saturated carbocycles. The van der Waals surface area contributed by atoms with Gasteiger partial charge in [-0.1, -0.05) is 13.3 Å². The zero-order chi connectivity index (χ0) is 13.4. The van der Waals surface area contributed by atoms with Crippen molar-refractivity contribution in [3.8, 4) is 10.7 Å². The van der Waals surface area contributed by atoms with Gasteiger partial charge in [0.2, 0.25) is 0 Å². The number of thiophene rings is 1. The van der Waals surface area contributed by atoms with Crippen molar-refractivity contribution < 1.29 is 0 Å². The molecule has 98 valence electrons. The fourth-order valence-electron chi connectivity index (χ4n) is 2.38. The molecule has 3 heterocycles. The Kier molecular flexibility index (Phi) is 3.11. The van der Waals surface area contributed by atoms with Crippen LogP contribution in [0, 0.1) is 6.92 Å². The standard InChI is InChI=1S/C15H17N3S/c1-4-5-11-6-7-19-13(11)15-17-12-8-10(2)9-16-14(12)18(15)3/h6-9H,4-5H2,1-3H3. The van der Waals surface area contributed by atoms with E-state index >= 15 is 0 Å². The fourth-order valence-corrected chi connectivity index (χ4v) is 3.36. The van der Waals surface area contributed by atoms with E-state index < -0.39 is 0 Å². The lowest BCUT2D eigenvalue weighted by atomic mass is 10.1. The summed E-state index contributed by atoms with van der Waals surface area (Å²) in [5.74, 6) is 1.03. The Morgan fingerprint density at radius 1 is 1.37 bits per heavy atom. The van der Waals surface area contributed by atoms with Crippen molar-refractivity contribution in [2.75, 3.05) is 0 Å². The summed E-state index contributed by atoms with van der Waals surface area (Å²) in [6, 6.07) is 4.31. The van der Waals surface area contributed by atoms with Gasteiger partial charge in [-0.3, -0.25) is 0 Å². The first-order valence-corrected chi connectivity index (χ1v) is 7.44. The summed E-state index contributed by atoms with van der Waals surface area (Å²) >= 11 is 1.77. The molecule has 0 spiro atoms. The fraction of sp³-hybridized carbons (Fsp3) is 0.333. The highest BCUT2D eigenvalue weighted by Crippen LogP contribution is 2.31. The van der Waals surface area contributed by atoms with Gasteiger partial charge in [-0.15, -0.1) is 11.3 Å². The second-order valence-electron chi connectivity index (χ2n) is 4.87. The van der Waals surface area contributed by atoms with Crippen LogP contribution in [0.25, 0.3) is 21.9 Å². The number of hydrogen-bond donors (Lipinski definition) is 0. The Morgan fingerprint density at radius 3 is 3.00 bits per heavy atom.